The molecule has 0 radical (unpaired) electrons. The number of amides is 1. The van der Waals surface area contributed by atoms with Crippen LogP contribution in [-0.2, 0) is 17.8 Å². The maximum atomic E-state index is 12.1. The second-order valence-corrected chi connectivity index (χ2v) is 7.14. The first-order valence-corrected chi connectivity index (χ1v) is 9.99. The number of hydrogen-bond donors (Lipinski definition) is 3. The van der Waals surface area contributed by atoms with E-state index < -0.39 is 0 Å². The molecule has 0 fully saturated rings. The van der Waals surface area contributed by atoms with Crippen LogP contribution in [0.15, 0.2) is 53.5 Å². The SMILES string of the molecule is CN=C(NCC(=O)NCCc1ccccc1)NCc1ccc(C)cc1OC(C)C.I. The fourth-order valence-electron chi connectivity index (χ4n) is 2.79. The normalized spacial score (nSPS) is 10.9. The van der Waals surface area contributed by atoms with Gasteiger partial charge in [-0.05, 0) is 44.4 Å². The van der Waals surface area contributed by atoms with E-state index in [4.69, 9.17) is 4.74 Å². The Morgan fingerprint density at radius 3 is 2.47 bits per heavy atom. The predicted octanol–water partition coefficient (Wildman–Crippen LogP) is 3.42. The quantitative estimate of drug-likeness (QED) is 0.267. The summed E-state index contributed by atoms with van der Waals surface area (Å²) in [6.45, 7) is 7.39. The zero-order valence-corrected chi connectivity index (χ0v) is 20.5. The van der Waals surface area contributed by atoms with E-state index in [0.29, 0.717) is 19.0 Å². The van der Waals surface area contributed by atoms with Gasteiger partial charge in [0.1, 0.15) is 5.75 Å². The highest BCUT2D eigenvalue weighted by Crippen LogP contribution is 2.21. The summed E-state index contributed by atoms with van der Waals surface area (Å²) in [7, 11) is 1.68. The van der Waals surface area contributed by atoms with E-state index in [1.807, 2.05) is 51.1 Å². The summed E-state index contributed by atoms with van der Waals surface area (Å²) in [6, 6.07) is 16.2. The van der Waals surface area contributed by atoms with Crippen molar-refractivity contribution in [1.29, 1.82) is 0 Å². The second-order valence-electron chi connectivity index (χ2n) is 7.14. The van der Waals surface area contributed by atoms with Gasteiger partial charge in [0.05, 0.1) is 12.6 Å². The number of ether oxygens (including phenoxy) is 1. The van der Waals surface area contributed by atoms with Gasteiger partial charge < -0.3 is 20.7 Å². The molecule has 30 heavy (non-hydrogen) atoms. The average molecular weight is 524 g/mol. The van der Waals surface area contributed by atoms with Crippen molar-refractivity contribution in [1.82, 2.24) is 16.0 Å². The maximum absolute atomic E-state index is 12.1. The molecule has 2 aromatic rings. The first-order valence-electron chi connectivity index (χ1n) is 9.99. The minimum Gasteiger partial charge on any atom is -0.491 e. The minimum absolute atomic E-state index is 0. The molecule has 0 atom stereocenters. The van der Waals surface area contributed by atoms with Crippen molar-refractivity contribution in [3.05, 3.63) is 65.2 Å². The summed E-state index contributed by atoms with van der Waals surface area (Å²) in [5.74, 6) is 1.36. The lowest BCUT2D eigenvalue weighted by Crippen LogP contribution is -2.43. The Hall–Kier alpha value is -2.29. The molecule has 0 aliphatic heterocycles. The molecule has 1 amide bonds. The van der Waals surface area contributed by atoms with E-state index >= 15 is 0 Å². The van der Waals surface area contributed by atoms with Crippen molar-refractivity contribution >= 4 is 35.8 Å². The van der Waals surface area contributed by atoms with Gasteiger partial charge in [-0.3, -0.25) is 9.79 Å². The molecule has 0 heterocycles. The average Bonchev–Trinajstić information content (AvgIpc) is 2.69. The predicted molar refractivity (Wildman–Crippen MR) is 134 cm³/mol. The van der Waals surface area contributed by atoms with Crippen molar-refractivity contribution in [3.8, 4) is 5.75 Å². The highest BCUT2D eigenvalue weighted by atomic mass is 127. The molecule has 2 aromatic carbocycles. The molecular weight excluding hydrogens is 491 g/mol. The third-order valence-electron chi connectivity index (χ3n) is 4.25. The number of guanidine groups is 1. The second kappa shape index (κ2) is 13.8. The molecule has 0 unspecified atom stereocenters. The molecule has 0 aromatic heterocycles. The maximum Gasteiger partial charge on any atom is 0.239 e. The van der Waals surface area contributed by atoms with Crippen molar-refractivity contribution in [2.75, 3.05) is 20.1 Å². The number of nitrogens with one attached hydrogen (secondary N) is 3. The monoisotopic (exact) mass is 524 g/mol. The van der Waals surface area contributed by atoms with Crippen molar-refractivity contribution < 1.29 is 9.53 Å². The summed E-state index contributed by atoms with van der Waals surface area (Å²) < 4.78 is 5.91. The van der Waals surface area contributed by atoms with Gasteiger partial charge in [0.2, 0.25) is 5.91 Å². The third kappa shape index (κ3) is 9.47. The van der Waals surface area contributed by atoms with Gasteiger partial charge in [0, 0.05) is 25.7 Å². The van der Waals surface area contributed by atoms with Crippen LogP contribution in [0.1, 0.15) is 30.5 Å². The molecule has 164 valence electrons. The van der Waals surface area contributed by atoms with E-state index in [1.165, 1.54) is 5.56 Å². The van der Waals surface area contributed by atoms with Gasteiger partial charge in [-0.25, -0.2) is 0 Å². The molecule has 7 heteroatoms. The Bertz CT molecular complexity index is 810. The molecule has 0 aliphatic carbocycles. The van der Waals surface area contributed by atoms with Crippen molar-refractivity contribution in [2.24, 2.45) is 4.99 Å². The van der Waals surface area contributed by atoms with Crippen molar-refractivity contribution in [2.45, 2.75) is 39.8 Å². The number of aliphatic imine (C=N–C) groups is 1. The van der Waals surface area contributed by atoms with E-state index in [9.17, 15) is 4.79 Å². The van der Waals surface area contributed by atoms with Crippen LogP contribution >= 0.6 is 24.0 Å². The topological polar surface area (TPSA) is 74.8 Å². The zero-order chi connectivity index (χ0) is 21.1. The zero-order valence-electron chi connectivity index (χ0n) is 18.2. The molecule has 3 N–H and O–H groups in total. The van der Waals surface area contributed by atoms with Crippen molar-refractivity contribution in [3.63, 3.8) is 0 Å². The Kier molecular flexibility index (Phi) is 11.9. The molecule has 0 spiro atoms. The van der Waals surface area contributed by atoms with Gasteiger partial charge >= 0.3 is 0 Å². The molecule has 2 rings (SSSR count). The van der Waals surface area contributed by atoms with E-state index in [1.54, 1.807) is 7.05 Å². The lowest BCUT2D eigenvalue weighted by atomic mass is 10.1. The first kappa shape index (κ1) is 25.7. The minimum atomic E-state index is -0.0666. The molecule has 0 aliphatic rings. The van der Waals surface area contributed by atoms with Crippen LogP contribution in [0.25, 0.3) is 0 Å². The summed E-state index contributed by atoms with van der Waals surface area (Å²) in [5.41, 5.74) is 3.40. The Morgan fingerprint density at radius 2 is 1.80 bits per heavy atom. The summed E-state index contributed by atoms with van der Waals surface area (Å²) >= 11 is 0. The molecule has 6 nitrogen and oxygen atoms in total. The fourth-order valence-corrected chi connectivity index (χ4v) is 2.79. The van der Waals surface area contributed by atoms with Gasteiger partial charge in [0.15, 0.2) is 5.96 Å². The van der Waals surface area contributed by atoms with Crippen LogP contribution in [0.3, 0.4) is 0 Å². The Balaban J connectivity index is 0.00000450. The lowest BCUT2D eigenvalue weighted by Gasteiger charge is -2.17. The van der Waals surface area contributed by atoms with Gasteiger partial charge in [-0.2, -0.15) is 0 Å². The standard InChI is InChI=1S/C23H32N4O2.HI/c1-17(2)29-21-14-18(3)10-11-20(21)15-26-23(24-4)27-16-22(28)25-13-12-19-8-6-5-7-9-19;/h5-11,14,17H,12-13,15-16H2,1-4H3,(H,25,28)(H2,24,26,27);1H. The fraction of sp³-hybridized carbons (Fsp3) is 0.391. The number of carbonyl (C=O) groups excluding carboxylic acids is 1. The van der Waals surface area contributed by atoms with E-state index in [2.05, 4.69) is 39.1 Å². The summed E-state index contributed by atoms with van der Waals surface area (Å²) in [5, 5.41) is 9.20. The number of nitrogens with zero attached hydrogens (tertiary/aromatic N) is 1. The Labute approximate surface area is 196 Å². The van der Waals surface area contributed by atoms with E-state index in [-0.39, 0.29) is 42.5 Å². The summed E-state index contributed by atoms with van der Waals surface area (Å²) in [6.07, 6.45) is 0.915. The molecular formula is C23H33IN4O2. The number of aryl methyl sites for hydroxylation is 1. The molecule has 0 saturated heterocycles. The van der Waals surface area contributed by atoms with Crippen LogP contribution in [0.2, 0.25) is 0 Å². The Morgan fingerprint density at radius 1 is 1.07 bits per heavy atom. The highest BCUT2D eigenvalue weighted by Gasteiger charge is 2.08. The van der Waals surface area contributed by atoms with Crippen LogP contribution < -0.4 is 20.7 Å². The summed E-state index contributed by atoms with van der Waals surface area (Å²) in [4.78, 5) is 16.2. The van der Waals surface area contributed by atoms with Crippen LogP contribution in [0.4, 0.5) is 0 Å². The first-order chi connectivity index (χ1) is 14.0. The van der Waals surface area contributed by atoms with Gasteiger partial charge in [0.25, 0.3) is 0 Å². The number of benzene rings is 2. The smallest absolute Gasteiger partial charge is 0.239 e. The van der Waals surface area contributed by atoms with Crippen LogP contribution in [-0.4, -0.2) is 38.1 Å². The van der Waals surface area contributed by atoms with E-state index in [0.717, 1.165) is 23.3 Å². The lowest BCUT2D eigenvalue weighted by molar-refractivity contribution is -0.119. The molecule has 0 saturated carbocycles. The largest absolute Gasteiger partial charge is 0.491 e. The highest BCUT2D eigenvalue weighted by molar-refractivity contribution is 14.0. The van der Waals surface area contributed by atoms with Crippen LogP contribution in [0, 0.1) is 6.92 Å². The van der Waals surface area contributed by atoms with Crippen LogP contribution in [0.5, 0.6) is 5.75 Å². The molecule has 0 bridgehead atoms. The number of halogens is 1. The number of rotatable bonds is 9. The van der Waals surface area contributed by atoms with Gasteiger partial charge in [-0.1, -0.05) is 42.5 Å². The van der Waals surface area contributed by atoms with Gasteiger partial charge in [-0.15, -0.1) is 24.0 Å². The number of hydrogen-bond acceptors (Lipinski definition) is 3. The number of carbonyl (C=O) groups is 1. The third-order valence-corrected chi connectivity index (χ3v) is 4.25.